The number of aromatic nitrogens is 2. The van der Waals surface area contributed by atoms with Crippen LogP contribution in [0.4, 0.5) is 11.4 Å². The van der Waals surface area contributed by atoms with Gasteiger partial charge in [0.2, 0.25) is 0 Å². The maximum absolute atomic E-state index is 11.0. The molecule has 0 aliphatic heterocycles. The van der Waals surface area contributed by atoms with Gasteiger partial charge >= 0.3 is 0 Å². The van der Waals surface area contributed by atoms with E-state index in [4.69, 9.17) is 5.14 Å². The van der Waals surface area contributed by atoms with Crippen LogP contribution >= 0.6 is 0 Å². The van der Waals surface area contributed by atoms with Crippen molar-refractivity contribution in [1.29, 1.82) is 0 Å². The highest BCUT2D eigenvalue weighted by Gasteiger charge is 2.03. The fourth-order valence-corrected chi connectivity index (χ4v) is 2.19. The zero-order valence-electron chi connectivity index (χ0n) is 11.1. The summed E-state index contributed by atoms with van der Waals surface area (Å²) < 4.78 is 26.0. The minimum absolute atomic E-state index is 0.418. The molecule has 0 aliphatic rings. The molecule has 1 heterocycles. The first kappa shape index (κ1) is 14.4. The second-order valence-electron chi connectivity index (χ2n) is 4.29. The van der Waals surface area contributed by atoms with E-state index in [0.29, 0.717) is 12.2 Å². The van der Waals surface area contributed by atoms with E-state index in [1.807, 2.05) is 23.9 Å². The first-order valence-electron chi connectivity index (χ1n) is 6.12. The van der Waals surface area contributed by atoms with Crippen molar-refractivity contribution in [3.05, 3.63) is 42.2 Å². The Morgan fingerprint density at radius 1 is 1.35 bits per heavy atom. The molecule has 0 radical (unpaired) electrons. The van der Waals surface area contributed by atoms with Gasteiger partial charge < -0.3 is 5.32 Å². The SMILES string of the molecule is CCn1cc(CNc2cccc(NS(N)(=O)=O)c2)cn1. The summed E-state index contributed by atoms with van der Waals surface area (Å²) in [6.45, 7) is 3.46. The summed E-state index contributed by atoms with van der Waals surface area (Å²) in [4.78, 5) is 0. The Morgan fingerprint density at radius 2 is 2.10 bits per heavy atom. The number of nitrogens with two attached hydrogens (primary N) is 1. The summed E-state index contributed by atoms with van der Waals surface area (Å²) in [5.74, 6) is 0. The number of aryl methyl sites for hydroxylation is 1. The Hall–Kier alpha value is -2.06. The molecule has 1 aromatic carbocycles. The van der Waals surface area contributed by atoms with Gasteiger partial charge in [0, 0.05) is 30.5 Å². The van der Waals surface area contributed by atoms with E-state index in [1.54, 1.807) is 24.4 Å². The van der Waals surface area contributed by atoms with Gasteiger partial charge in [-0.1, -0.05) is 6.07 Å². The quantitative estimate of drug-likeness (QED) is 0.743. The van der Waals surface area contributed by atoms with Gasteiger partial charge in [-0.25, -0.2) is 5.14 Å². The summed E-state index contributed by atoms with van der Waals surface area (Å²) in [5, 5.41) is 12.3. The zero-order chi connectivity index (χ0) is 14.6. The molecule has 20 heavy (non-hydrogen) atoms. The van der Waals surface area contributed by atoms with E-state index in [0.717, 1.165) is 17.8 Å². The molecule has 0 amide bonds. The molecule has 7 nitrogen and oxygen atoms in total. The van der Waals surface area contributed by atoms with Gasteiger partial charge in [0.05, 0.1) is 11.9 Å². The van der Waals surface area contributed by atoms with Gasteiger partial charge in [-0.2, -0.15) is 13.5 Å². The molecule has 2 aromatic rings. The molecule has 0 unspecified atom stereocenters. The molecule has 108 valence electrons. The first-order chi connectivity index (χ1) is 9.46. The molecule has 0 fully saturated rings. The van der Waals surface area contributed by atoms with Gasteiger partial charge in [0.1, 0.15) is 0 Å². The molecule has 4 N–H and O–H groups in total. The fourth-order valence-electron chi connectivity index (χ4n) is 1.73. The zero-order valence-corrected chi connectivity index (χ0v) is 11.9. The molecule has 0 saturated heterocycles. The van der Waals surface area contributed by atoms with E-state index in [2.05, 4.69) is 15.1 Å². The molecule has 1 aromatic heterocycles. The second kappa shape index (κ2) is 5.93. The van der Waals surface area contributed by atoms with Gasteiger partial charge in [-0.05, 0) is 25.1 Å². The van der Waals surface area contributed by atoms with Crippen LogP contribution in [0.1, 0.15) is 12.5 Å². The van der Waals surface area contributed by atoms with Crippen molar-refractivity contribution in [3.8, 4) is 0 Å². The molecule has 0 saturated carbocycles. The minimum Gasteiger partial charge on any atom is -0.381 e. The van der Waals surface area contributed by atoms with Crippen LogP contribution in [-0.4, -0.2) is 18.2 Å². The Balaban J connectivity index is 2.01. The van der Waals surface area contributed by atoms with E-state index < -0.39 is 10.2 Å². The molecule has 0 bridgehead atoms. The highest BCUT2D eigenvalue weighted by molar-refractivity contribution is 7.90. The van der Waals surface area contributed by atoms with Gasteiger partial charge in [-0.15, -0.1) is 0 Å². The summed E-state index contributed by atoms with van der Waals surface area (Å²) in [6, 6.07) is 6.89. The van der Waals surface area contributed by atoms with Gasteiger partial charge in [-0.3, -0.25) is 9.40 Å². The Kier molecular flexibility index (Phi) is 4.26. The topological polar surface area (TPSA) is 102 Å². The second-order valence-corrected chi connectivity index (χ2v) is 5.58. The highest BCUT2D eigenvalue weighted by Crippen LogP contribution is 2.16. The number of benzene rings is 1. The van der Waals surface area contributed by atoms with E-state index in [-0.39, 0.29) is 0 Å². The number of nitrogens with one attached hydrogen (secondary N) is 2. The third-order valence-electron chi connectivity index (χ3n) is 2.63. The van der Waals surface area contributed by atoms with E-state index in [9.17, 15) is 8.42 Å². The Morgan fingerprint density at radius 3 is 2.75 bits per heavy atom. The third kappa shape index (κ3) is 4.25. The molecule has 0 aliphatic carbocycles. The molecular weight excluding hydrogens is 278 g/mol. The normalized spacial score (nSPS) is 11.3. The Labute approximate surface area is 118 Å². The van der Waals surface area contributed by atoms with Crippen molar-refractivity contribution in [2.24, 2.45) is 5.14 Å². The Bertz CT molecular complexity index is 681. The lowest BCUT2D eigenvalue weighted by Gasteiger charge is -2.08. The standard InChI is InChI=1S/C12H17N5O2S/c1-2-17-9-10(8-15-17)7-14-11-4-3-5-12(6-11)16-20(13,18)19/h3-6,8-9,14,16H,2,7H2,1H3,(H2,13,18,19). The summed E-state index contributed by atoms with van der Waals surface area (Å²) in [6.07, 6.45) is 3.75. The molecule has 8 heteroatoms. The van der Waals surface area contributed by atoms with Crippen LogP contribution in [-0.2, 0) is 23.3 Å². The summed E-state index contributed by atoms with van der Waals surface area (Å²) in [5.41, 5.74) is 2.27. The largest absolute Gasteiger partial charge is 0.381 e. The lowest BCUT2D eigenvalue weighted by atomic mass is 10.2. The van der Waals surface area contributed by atoms with Crippen molar-refractivity contribution in [3.63, 3.8) is 0 Å². The molecule has 2 rings (SSSR count). The van der Waals surface area contributed by atoms with Crippen LogP contribution in [0.25, 0.3) is 0 Å². The predicted molar refractivity (Wildman–Crippen MR) is 78.4 cm³/mol. The van der Waals surface area contributed by atoms with Crippen LogP contribution in [0.5, 0.6) is 0 Å². The summed E-state index contributed by atoms with van der Waals surface area (Å²) >= 11 is 0. The van der Waals surface area contributed by atoms with E-state index >= 15 is 0 Å². The van der Waals surface area contributed by atoms with Crippen LogP contribution in [0.2, 0.25) is 0 Å². The monoisotopic (exact) mass is 295 g/mol. The van der Waals surface area contributed by atoms with E-state index in [1.165, 1.54) is 0 Å². The van der Waals surface area contributed by atoms with Gasteiger partial charge in [0.15, 0.2) is 0 Å². The van der Waals surface area contributed by atoms with Crippen LogP contribution in [0.3, 0.4) is 0 Å². The third-order valence-corrected chi connectivity index (χ3v) is 3.15. The highest BCUT2D eigenvalue weighted by atomic mass is 32.2. The number of hydrogen-bond donors (Lipinski definition) is 3. The minimum atomic E-state index is -3.75. The number of hydrogen-bond acceptors (Lipinski definition) is 4. The number of anilines is 2. The number of rotatable bonds is 6. The summed E-state index contributed by atoms with van der Waals surface area (Å²) in [7, 11) is -3.75. The predicted octanol–water partition coefficient (Wildman–Crippen LogP) is 1.13. The van der Waals surface area contributed by atoms with Crippen molar-refractivity contribution >= 4 is 21.6 Å². The number of nitrogens with zero attached hydrogens (tertiary/aromatic N) is 2. The maximum atomic E-state index is 11.0. The lowest BCUT2D eigenvalue weighted by molar-refractivity contribution is 0.603. The first-order valence-corrected chi connectivity index (χ1v) is 7.67. The van der Waals surface area contributed by atoms with Crippen LogP contribution in [0, 0.1) is 0 Å². The maximum Gasteiger partial charge on any atom is 0.296 e. The van der Waals surface area contributed by atoms with Crippen LogP contribution < -0.4 is 15.2 Å². The van der Waals surface area contributed by atoms with Crippen molar-refractivity contribution in [2.45, 2.75) is 20.0 Å². The molecule has 0 spiro atoms. The molecule has 0 atom stereocenters. The van der Waals surface area contributed by atoms with Crippen LogP contribution in [0.15, 0.2) is 36.7 Å². The van der Waals surface area contributed by atoms with Crippen molar-refractivity contribution < 1.29 is 8.42 Å². The van der Waals surface area contributed by atoms with Gasteiger partial charge in [0.25, 0.3) is 10.2 Å². The van der Waals surface area contributed by atoms with Crippen molar-refractivity contribution in [2.75, 3.05) is 10.0 Å². The lowest BCUT2D eigenvalue weighted by Crippen LogP contribution is -2.21. The average Bonchev–Trinajstić information content (AvgIpc) is 2.83. The molecular formula is C12H17N5O2S. The fraction of sp³-hybridized carbons (Fsp3) is 0.250. The van der Waals surface area contributed by atoms with Crippen molar-refractivity contribution in [1.82, 2.24) is 9.78 Å². The smallest absolute Gasteiger partial charge is 0.296 e. The average molecular weight is 295 g/mol.